The maximum Gasteiger partial charge on any atom is 0.387 e. The molecular formula is C17H16F2N2O. The number of nitriles is 1. The fourth-order valence-electron chi connectivity index (χ4n) is 2.19. The number of hydrogen-bond acceptors (Lipinski definition) is 3. The molecule has 114 valence electrons. The Morgan fingerprint density at radius 2 is 1.77 bits per heavy atom. The van der Waals surface area contributed by atoms with Crippen LogP contribution in [0, 0.1) is 11.3 Å². The number of ether oxygens (including phenoxy) is 1. The van der Waals surface area contributed by atoms with Crippen LogP contribution in [0.3, 0.4) is 0 Å². The molecule has 0 saturated carbocycles. The van der Waals surface area contributed by atoms with Gasteiger partial charge in [0.2, 0.25) is 0 Å². The predicted octanol–water partition coefficient (Wildman–Crippen LogP) is 3.79. The first-order valence-electron chi connectivity index (χ1n) is 6.78. The second-order valence-electron chi connectivity index (χ2n) is 5.01. The molecule has 5 heteroatoms. The van der Waals surface area contributed by atoms with E-state index >= 15 is 0 Å². The van der Waals surface area contributed by atoms with Crippen molar-refractivity contribution in [2.24, 2.45) is 0 Å². The number of halogens is 2. The van der Waals surface area contributed by atoms with Gasteiger partial charge >= 0.3 is 6.61 Å². The second-order valence-corrected chi connectivity index (χ2v) is 5.01. The van der Waals surface area contributed by atoms with E-state index in [2.05, 4.69) is 15.7 Å². The van der Waals surface area contributed by atoms with E-state index in [1.165, 1.54) is 12.1 Å². The van der Waals surface area contributed by atoms with Crippen molar-refractivity contribution in [3.05, 3.63) is 65.2 Å². The first kappa shape index (κ1) is 15.9. The van der Waals surface area contributed by atoms with E-state index in [1.807, 2.05) is 25.2 Å². The van der Waals surface area contributed by atoms with Crippen molar-refractivity contribution in [2.75, 3.05) is 7.05 Å². The van der Waals surface area contributed by atoms with E-state index in [0.29, 0.717) is 18.7 Å². The van der Waals surface area contributed by atoms with Crippen LogP contribution < -0.4 is 4.74 Å². The Kier molecular flexibility index (Phi) is 5.45. The average Bonchev–Trinajstić information content (AvgIpc) is 2.49. The third kappa shape index (κ3) is 4.83. The monoisotopic (exact) mass is 302 g/mol. The Labute approximate surface area is 128 Å². The Bertz CT molecular complexity index is 650. The summed E-state index contributed by atoms with van der Waals surface area (Å²) in [4.78, 5) is 2.08. The van der Waals surface area contributed by atoms with Crippen molar-refractivity contribution in [1.29, 1.82) is 5.26 Å². The maximum absolute atomic E-state index is 12.1. The van der Waals surface area contributed by atoms with E-state index in [4.69, 9.17) is 5.26 Å². The van der Waals surface area contributed by atoms with Gasteiger partial charge in [-0.1, -0.05) is 24.3 Å². The molecule has 0 amide bonds. The largest absolute Gasteiger partial charge is 0.435 e. The molecule has 0 aliphatic rings. The van der Waals surface area contributed by atoms with Gasteiger partial charge in [0.1, 0.15) is 5.75 Å². The van der Waals surface area contributed by atoms with Crippen LogP contribution in [0.15, 0.2) is 48.5 Å². The van der Waals surface area contributed by atoms with Crippen molar-refractivity contribution < 1.29 is 13.5 Å². The minimum atomic E-state index is -2.80. The molecule has 0 saturated heterocycles. The maximum atomic E-state index is 12.1. The number of benzene rings is 2. The van der Waals surface area contributed by atoms with Gasteiger partial charge in [0.25, 0.3) is 0 Å². The van der Waals surface area contributed by atoms with Gasteiger partial charge in [0.05, 0.1) is 11.6 Å². The molecular weight excluding hydrogens is 286 g/mol. The molecule has 0 heterocycles. The average molecular weight is 302 g/mol. The molecule has 2 rings (SSSR count). The summed E-state index contributed by atoms with van der Waals surface area (Å²) < 4.78 is 28.5. The number of rotatable bonds is 6. The molecule has 0 aliphatic heterocycles. The molecule has 0 radical (unpaired) electrons. The van der Waals surface area contributed by atoms with Crippen molar-refractivity contribution in [2.45, 2.75) is 19.7 Å². The highest BCUT2D eigenvalue weighted by atomic mass is 19.3. The minimum Gasteiger partial charge on any atom is -0.435 e. The van der Waals surface area contributed by atoms with Crippen molar-refractivity contribution in [3.63, 3.8) is 0 Å². The summed E-state index contributed by atoms with van der Waals surface area (Å²) in [5.74, 6) is 0.156. The highest BCUT2D eigenvalue weighted by Crippen LogP contribution is 2.16. The van der Waals surface area contributed by atoms with Crippen LogP contribution in [-0.2, 0) is 13.1 Å². The van der Waals surface area contributed by atoms with Gasteiger partial charge in [0, 0.05) is 13.1 Å². The standard InChI is InChI=1S/C17H16F2N2O/c1-21(12-15-4-2-3-14(9-15)10-20)11-13-5-7-16(8-6-13)22-17(18)19/h2-9,17H,11-12H2,1H3. The highest BCUT2D eigenvalue weighted by Gasteiger charge is 2.06. The molecule has 0 aromatic heterocycles. The Balaban J connectivity index is 1.94. The molecule has 3 nitrogen and oxygen atoms in total. The van der Waals surface area contributed by atoms with E-state index in [-0.39, 0.29) is 5.75 Å². The number of nitrogens with zero attached hydrogens (tertiary/aromatic N) is 2. The third-order valence-electron chi connectivity index (χ3n) is 3.11. The number of alkyl halides is 2. The molecule has 2 aromatic rings. The summed E-state index contributed by atoms with van der Waals surface area (Å²) in [6, 6.07) is 16.2. The van der Waals surface area contributed by atoms with Gasteiger partial charge in [-0.05, 0) is 42.4 Å². The predicted molar refractivity (Wildman–Crippen MR) is 79.4 cm³/mol. The van der Waals surface area contributed by atoms with Gasteiger partial charge in [-0.15, -0.1) is 0 Å². The highest BCUT2D eigenvalue weighted by molar-refractivity contribution is 5.33. The molecule has 0 bridgehead atoms. The summed E-state index contributed by atoms with van der Waals surface area (Å²) in [5.41, 5.74) is 2.69. The zero-order valence-electron chi connectivity index (χ0n) is 12.2. The first-order valence-corrected chi connectivity index (χ1v) is 6.78. The first-order chi connectivity index (χ1) is 10.6. The third-order valence-corrected chi connectivity index (χ3v) is 3.11. The molecule has 0 unspecified atom stereocenters. The Morgan fingerprint density at radius 3 is 2.41 bits per heavy atom. The van der Waals surface area contributed by atoms with Crippen LogP contribution in [0.2, 0.25) is 0 Å². The lowest BCUT2D eigenvalue weighted by Crippen LogP contribution is -2.17. The van der Waals surface area contributed by atoms with Gasteiger partial charge in [0.15, 0.2) is 0 Å². The van der Waals surface area contributed by atoms with Crippen LogP contribution in [0.4, 0.5) is 8.78 Å². The summed E-state index contributed by atoms with van der Waals surface area (Å²) in [6.45, 7) is -1.43. The van der Waals surface area contributed by atoms with Crippen LogP contribution in [0.25, 0.3) is 0 Å². The zero-order chi connectivity index (χ0) is 15.9. The van der Waals surface area contributed by atoms with Crippen LogP contribution >= 0.6 is 0 Å². The SMILES string of the molecule is CN(Cc1ccc(OC(F)F)cc1)Cc1cccc(C#N)c1. The Morgan fingerprint density at radius 1 is 1.09 bits per heavy atom. The topological polar surface area (TPSA) is 36.3 Å². The summed E-state index contributed by atoms with van der Waals surface area (Å²) in [7, 11) is 1.96. The minimum absolute atomic E-state index is 0.156. The van der Waals surface area contributed by atoms with Gasteiger partial charge in [-0.2, -0.15) is 14.0 Å². The molecule has 0 aliphatic carbocycles. The fraction of sp³-hybridized carbons (Fsp3) is 0.235. The zero-order valence-corrected chi connectivity index (χ0v) is 12.2. The summed E-state index contributed by atoms with van der Waals surface area (Å²) in [5, 5.41) is 8.89. The van der Waals surface area contributed by atoms with Gasteiger partial charge < -0.3 is 4.74 Å². The molecule has 0 fully saturated rings. The molecule has 0 spiro atoms. The molecule has 2 aromatic carbocycles. The van der Waals surface area contributed by atoms with Crippen LogP contribution in [0.5, 0.6) is 5.75 Å². The lowest BCUT2D eigenvalue weighted by molar-refractivity contribution is -0.0498. The Hall–Kier alpha value is -2.45. The molecule has 0 N–H and O–H groups in total. The van der Waals surface area contributed by atoms with E-state index in [9.17, 15) is 8.78 Å². The van der Waals surface area contributed by atoms with E-state index in [1.54, 1.807) is 18.2 Å². The quantitative estimate of drug-likeness (QED) is 0.814. The van der Waals surface area contributed by atoms with Crippen LogP contribution in [0.1, 0.15) is 16.7 Å². The normalized spacial score (nSPS) is 10.7. The summed E-state index contributed by atoms with van der Waals surface area (Å²) >= 11 is 0. The summed E-state index contributed by atoms with van der Waals surface area (Å²) in [6.07, 6.45) is 0. The molecule has 22 heavy (non-hydrogen) atoms. The lowest BCUT2D eigenvalue weighted by atomic mass is 10.1. The molecule has 0 atom stereocenters. The van der Waals surface area contributed by atoms with Gasteiger partial charge in [-0.3, -0.25) is 4.90 Å². The second kappa shape index (κ2) is 7.53. The van der Waals surface area contributed by atoms with Crippen molar-refractivity contribution >= 4 is 0 Å². The van der Waals surface area contributed by atoms with Crippen molar-refractivity contribution in [1.82, 2.24) is 4.90 Å². The van der Waals surface area contributed by atoms with E-state index in [0.717, 1.165) is 11.1 Å². The lowest BCUT2D eigenvalue weighted by Gasteiger charge is -2.17. The van der Waals surface area contributed by atoms with Crippen LogP contribution in [-0.4, -0.2) is 18.6 Å². The van der Waals surface area contributed by atoms with Gasteiger partial charge in [-0.25, -0.2) is 0 Å². The number of hydrogen-bond donors (Lipinski definition) is 0. The fourth-order valence-corrected chi connectivity index (χ4v) is 2.19. The van der Waals surface area contributed by atoms with Crippen molar-refractivity contribution in [3.8, 4) is 11.8 Å². The smallest absolute Gasteiger partial charge is 0.387 e. The van der Waals surface area contributed by atoms with E-state index < -0.39 is 6.61 Å².